The van der Waals surface area contributed by atoms with E-state index in [1.807, 2.05) is 0 Å². The molecule has 1 aromatic carbocycles. The molecule has 1 saturated heterocycles. The number of carbonyl (C=O) groups excluding carboxylic acids is 1. The van der Waals surface area contributed by atoms with E-state index in [9.17, 15) is 19.5 Å². The maximum atomic E-state index is 12.5. The van der Waals surface area contributed by atoms with Gasteiger partial charge in [-0.05, 0) is 55.3 Å². The third-order valence-corrected chi connectivity index (χ3v) is 4.52. The van der Waals surface area contributed by atoms with Crippen molar-refractivity contribution < 1.29 is 14.7 Å². The molecular formula is C18H20N2O4. The van der Waals surface area contributed by atoms with Crippen LogP contribution in [0, 0.1) is 6.92 Å². The van der Waals surface area contributed by atoms with Crippen LogP contribution in [-0.4, -0.2) is 39.5 Å². The van der Waals surface area contributed by atoms with Gasteiger partial charge in [-0.3, -0.25) is 14.2 Å². The molecule has 1 N–H and O–H groups in total. The number of benzene rings is 1. The average molecular weight is 328 g/mol. The molecule has 1 aliphatic heterocycles. The van der Waals surface area contributed by atoms with Gasteiger partial charge in [0, 0.05) is 19.2 Å². The van der Waals surface area contributed by atoms with Crippen LogP contribution in [-0.2, 0) is 11.3 Å². The topological polar surface area (TPSA) is 79.6 Å². The number of likely N-dealkylation sites (tertiary alicyclic amines) is 1. The number of aromatic nitrogens is 1. The van der Waals surface area contributed by atoms with Gasteiger partial charge in [0.15, 0.2) is 0 Å². The Balaban J connectivity index is 2.03. The summed E-state index contributed by atoms with van der Waals surface area (Å²) in [5.74, 6) is -1.08. The summed E-state index contributed by atoms with van der Waals surface area (Å²) in [5.41, 5.74) is 1.22. The molecule has 1 aromatic heterocycles. The second kappa shape index (κ2) is 6.47. The predicted molar refractivity (Wildman–Crippen MR) is 90.3 cm³/mol. The lowest BCUT2D eigenvalue weighted by Gasteiger charge is -2.27. The van der Waals surface area contributed by atoms with Gasteiger partial charge < -0.3 is 10.0 Å². The minimum absolute atomic E-state index is 0.0105. The van der Waals surface area contributed by atoms with Crippen LogP contribution < -0.4 is 5.56 Å². The first-order chi connectivity index (χ1) is 11.5. The van der Waals surface area contributed by atoms with Crippen molar-refractivity contribution in [2.45, 2.75) is 32.7 Å². The Labute approximate surface area is 139 Å². The summed E-state index contributed by atoms with van der Waals surface area (Å²) in [6.07, 6.45) is 3.13. The Hall–Kier alpha value is -2.63. The summed E-state index contributed by atoms with van der Waals surface area (Å²) in [6.45, 7) is 3.22. The lowest BCUT2D eigenvalue weighted by molar-refractivity contribution is -0.132. The minimum atomic E-state index is -1.01. The maximum Gasteiger partial charge on any atom is 0.335 e. The quantitative estimate of drug-likeness (QED) is 0.935. The minimum Gasteiger partial charge on any atom is -0.478 e. The van der Waals surface area contributed by atoms with Gasteiger partial charge in [0.05, 0.1) is 11.1 Å². The molecule has 6 heteroatoms. The number of piperidine rings is 1. The first kappa shape index (κ1) is 16.2. The van der Waals surface area contributed by atoms with E-state index in [1.165, 1.54) is 22.8 Å². The fraction of sp³-hybridized carbons (Fsp3) is 0.389. The molecular weight excluding hydrogens is 308 g/mol. The van der Waals surface area contributed by atoms with Crippen molar-refractivity contribution in [1.82, 2.24) is 9.47 Å². The zero-order valence-corrected chi connectivity index (χ0v) is 13.6. The van der Waals surface area contributed by atoms with Gasteiger partial charge in [-0.1, -0.05) is 0 Å². The van der Waals surface area contributed by atoms with Crippen molar-refractivity contribution >= 4 is 22.8 Å². The van der Waals surface area contributed by atoms with Crippen LogP contribution in [0.3, 0.4) is 0 Å². The average Bonchev–Trinajstić information content (AvgIpc) is 2.57. The number of pyridine rings is 1. The molecule has 6 nitrogen and oxygen atoms in total. The van der Waals surface area contributed by atoms with E-state index in [2.05, 4.69) is 0 Å². The van der Waals surface area contributed by atoms with E-state index >= 15 is 0 Å². The number of carboxylic acid groups (broad SMARTS) is 1. The number of rotatable bonds is 3. The summed E-state index contributed by atoms with van der Waals surface area (Å²) in [5, 5.41) is 9.83. The van der Waals surface area contributed by atoms with Crippen molar-refractivity contribution in [2.24, 2.45) is 0 Å². The summed E-state index contributed by atoms with van der Waals surface area (Å²) < 4.78 is 1.45. The zero-order valence-electron chi connectivity index (χ0n) is 13.6. The molecule has 1 fully saturated rings. The summed E-state index contributed by atoms with van der Waals surface area (Å²) in [7, 11) is 0. The predicted octanol–water partition coefficient (Wildman–Crippen LogP) is 2.02. The standard InChI is InChI=1S/C18H20N2O4/c1-12-9-14(18(23)24)10-13-5-6-15(21)20(17(12)13)11-16(22)19-7-3-2-4-8-19/h5-6,9-10H,2-4,7-8,11H2,1H3,(H,23,24). The Morgan fingerprint density at radius 2 is 1.83 bits per heavy atom. The first-order valence-electron chi connectivity index (χ1n) is 8.12. The molecule has 0 bridgehead atoms. The van der Waals surface area contributed by atoms with E-state index in [1.54, 1.807) is 17.9 Å². The number of amides is 1. The molecule has 0 spiro atoms. The molecule has 2 heterocycles. The van der Waals surface area contributed by atoms with Crippen LogP contribution in [0.25, 0.3) is 10.9 Å². The van der Waals surface area contributed by atoms with E-state index in [-0.39, 0.29) is 23.6 Å². The van der Waals surface area contributed by atoms with Gasteiger partial charge >= 0.3 is 5.97 Å². The third kappa shape index (κ3) is 3.04. The summed E-state index contributed by atoms with van der Waals surface area (Å²) in [6, 6.07) is 6.06. The number of hydrogen-bond acceptors (Lipinski definition) is 3. The van der Waals surface area contributed by atoms with Gasteiger partial charge in [-0.2, -0.15) is 0 Å². The number of nitrogens with zero attached hydrogens (tertiary/aromatic N) is 2. The molecule has 2 aromatic rings. The zero-order chi connectivity index (χ0) is 17.3. The lowest BCUT2D eigenvalue weighted by atomic mass is 10.1. The van der Waals surface area contributed by atoms with Crippen LogP contribution in [0.15, 0.2) is 29.1 Å². The van der Waals surface area contributed by atoms with Crippen molar-refractivity contribution in [3.8, 4) is 0 Å². The van der Waals surface area contributed by atoms with Crippen LogP contribution in [0.5, 0.6) is 0 Å². The van der Waals surface area contributed by atoms with Gasteiger partial charge in [0.1, 0.15) is 6.54 Å². The van der Waals surface area contributed by atoms with Gasteiger partial charge in [0.25, 0.3) is 5.56 Å². The highest BCUT2D eigenvalue weighted by molar-refractivity contribution is 5.95. The molecule has 1 aliphatic rings. The van der Waals surface area contributed by atoms with Gasteiger partial charge in [-0.25, -0.2) is 4.79 Å². The number of carboxylic acids is 1. The number of fused-ring (bicyclic) bond motifs is 1. The third-order valence-electron chi connectivity index (χ3n) is 4.52. The lowest BCUT2D eigenvalue weighted by Crippen LogP contribution is -2.39. The second-order valence-electron chi connectivity index (χ2n) is 6.24. The molecule has 0 radical (unpaired) electrons. The molecule has 3 rings (SSSR count). The largest absolute Gasteiger partial charge is 0.478 e. The van der Waals surface area contributed by atoms with E-state index in [4.69, 9.17) is 0 Å². The molecule has 0 atom stereocenters. The van der Waals surface area contributed by atoms with Crippen molar-refractivity contribution in [1.29, 1.82) is 0 Å². The summed E-state index contributed by atoms with van der Waals surface area (Å²) >= 11 is 0. The van der Waals surface area contributed by atoms with Crippen molar-refractivity contribution in [2.75, 3.05) is 13.1 Å². The Bertz CT molecular complexity index is 863. The van der Waals surface area contributed by atoms with E-state index in [0.717, 1.165) is 32.4 Å². The normalized spacial score (nSPS) is 14.8. The smallest absolute Gasteiger partial charge is 0.335 e. The summed E-state index contributed by atoms with van der Waals surface area (Å²) in [4.78, 5) is 37.8. The molecule has 24 heavy (non-hydrogen) atoms. The van der Waals surface area contributed by atoms with Crippen molar-refractivity contribution in [3.05, 3.63) is 45.7 Å². The van der Waals surface area contributed by atoms with Gasteiger partial charge in [0.2, 0.25) is 5.91 Å². The van der Waals surface area contributed by atoms with E-state index in [0.29, 0.717) is 16.5 Å². The number of hydrogen-bond donors (Lipinski definition) is 1. The monoisotopic (exact) mass is 328 g/mol. The molecule has 126 valence electrons. The van der Waals surface area contributed by atoms with Crippen LogP contribution >= 0.6 is 0 Å². The SMILES string of the molecule is Cc1cc(C(=O)O)cc2ccc(=O)n(CC(=O)N3CCCCC3)c12. The van der Waals surface area contributed by atoms with Crippen LogP contribution in [0.1, 0.15) is 35.2 Å². The molecule has 0 saturated carbocycles. The highest BCUT2D eigenvalue weighted by Crippen LogP contribution is 2.20. The highest BCUT2D eigenvalue weighted by atomic mass is 16.4. The first-order valence-corrected chi connectivity index (χ1v) is 8.12. The fourth-order valence-corrected chi connectivity index (χ4v) is 3.32. The second-order valence-corrected chi connectivity index (χ2v) is 6.24. The number of carbonyl (C=O) groups is 2. The van der Waals surface area contributed by atoms with Crippen LogP contribution in [0.2, 0.25) is 0 Å². The highest BCUT2D eigenvalue weighted by Gasteiger charge is 2.19. The Morgan fingerprint density at radius 3 is 2.50 bits per heavy atom. The molecule has 0 aliphatic carbocycles. The van der Waals surface area contributed by atoms with Crippen molar-refractivity contribution in [3.63, 3.8) is 0 Å². The maximum absolute atomic E-state index is 12.5. The molecule has 1 amide bonds. The number of aromatic carboxylic acids is 1. The van der Waals surface area contributed by atoms with E-state index < -0.39 is 5.97 Å². The Morgan fingerprint density at radius 1 is 1.12 bits per heavy atom. The molecule has 0 unspecified atom stereocenters. The fourth-order valence-electron chi connectivity index (χ4n) is 3.32. The van der Waals surface area contributed by atoms with Gasteiger partial charge in [-0.15, -0.1) is 0 Å². The number of aryl methyl sites for hydroxylation is 1. The van der Waals surface area contributed by atoms with Crippen LogP contribution in [0.4, 0.5) is 0 Å². The Kier molecular flexibility index (Phi) is 4.38.